The first-order valence-electron chi connectivity index (χ1n) is 3.74. The lowest BCUT2D eigenvalue weighted by atomic mass is 10.2. The SMILES string of the molecule is CS(=O)(=O)/C(=N/O)c1c(Cl)cccc1Cl. The van der Waals surface area contributed by atoms with Gasteiger partial charge in [-0.1, -0.05) is 34.4 Å². The second kappa shape index (κ2) is 4.38. The molecular formula is C8H7Cl2NO3S. The van der Waals surface area contributed by atoms with Gasteiger partial charge in [0, 0.05) is 6.26 Å². The molecule has 1 aromatic rings. The Kier molecular flexibility index (Phi) is 3.59. The van der Waals surface area contributed by atoms with Crippen LogP contribution >= 0.6 is 23.2 Å². The van der Waals surface area contributed by atoms with Crippen LogP contribution < -0.4 is 0 Å². The zero-order chi connectivity index (χ0) is 11.6. The fourth-order valence-electron chi connectivity index (χ4n) is 1.01. The summed E-state index contributed by atoms with van der Waals surface area (Å²) in [6, 6.07) is 4.48. The van der Waals surface area contributed by atoms with E-state index in [1.807, 2.05) is 0 Å². The summed E-state index contributed by atoms with van der Waals surface area (Å²) in [5, 5.41) is 11.0. The molecule has 0 saturated carbocycles. The van der Waals surface area contributed by atoms with Crippen LogP contribution in [0.4, 0.5) is 0 Å². The minimum Gasteiger partial charge on any atom is -0.410 e. The largest absolute Gasteiger partial charge is 0.410 e. The van der Waals surface area contributed by atoms with Crippen molar-refractivity contribution in [2.75, 3.05) is 6.26 Å². The molecule has 0 aliphatic rings. The lowest BCUT2D eigenvalue weighted by Gasteiger charge is -2.06. The Morgan fingerprint density at radius 3 is 2.13 bits per heavy atom. The summed E-state index contributed by atoms with van der Waals surface area (Å²) < 4.78 is 22.5. The molecule has 1 N–H and O–H groups in total. The van der Waals surface area contributed by atoms with Crippen molar-refractivity contribution in [3.8, 4) is 0 Å². The highest BCUT2D eigenvalue weighted by Gasteiger charge is 2.22. The molecular weight excluding hydrogens is 261 g/mol. The summed E-state index contributed by atoms with van der Waals surface area (Å²) >= 11 is 11.5. The van der Waals surface area contributed by atoms with E-state index in [0.717, 1.165) is 6.26 Å². The molecule has 0 radical (unpaired) electrons. The Morgan fingerprint density at radius 2 is 1.80 bits per heavy atom. The summed E-state index contributed by atoms with van der Waals surface area (Å²) in [6.07, 6.45) is 0.904. The van der Waals surface area contributed by atoms with Crippen molar-refractivity contribution in [1.29, 1.82) is 0 Å². The molecule has 0 aromatic heterocycles. The topological polar surface area (TPSA) is 66.7 Å². The number of hydrogen-bond donors (Lipinski definition) is 1. The van der Waals surface area contributed by atoms with Crippen LogP contribution in [0.5, 0.6) is 0 Å². The van der Waals surface area contributed by atoms with Crippen molar-refractivity contribution in [2.45, 2.75) is 0 Å². The van der Waals surface area contributed by atoms with E-state index in [1.54, 1.807) is 6.07 Å². The summed E-state index contributed by atoms with van der Waals surface area (Å²) in [4.78, 5) is 0. The van der Waals surface area contributed by atoms with E-state index in [9.17, 15) is 8.42 Å². The third kappa shape index (κ3) is 2.62. The van der Waals surface area contributed by atoms with Gasteiger partial charge in [0.05, 0.1) is 15.6 Å². The molecule has 0 fully saturated rings. The van der Waals surface area contributed by atoms with Crippen LogP contribution in [-0.2, 0) is 9.84 Å². The number of halogens is 2. The van der Waals surface area contributed by atoms with Crippen LogP contribution in [0.2, 0.25) is 10.0 Å². The first-order chi connectivity index (χ1) is 6.88. The zero-order valence-corrected chi connectivity index (χ0v) is 9.94. The van der Waals surface area contributed by atoms with E-state index in [0.29, 0.717) is 0 Å². The quantitative estimate of drug-likeness (QED) is 0.367. The third-order valence-corrected chi connectivity index (χ3v) is 3.24. The maximum absolute atomic E-state index is 11.3. The monoisotopic (exact) mass is 267 g/mol. The molecule has 0 bridgehead atoms. The maximum atomic E-state index is 11.3. The van der Waals surface area contributed by atoms with Crippen LogP contribution in [0.3, 0.4) is 0 Å². The summed E-state index contributed by atoms with van der Waals surface area (Å²) in [7, 11) is -3.68. The standard InChI is InChI=1S/C8H7Cl2NO3S/c1-15(13,14)8(11-12)7-5(9)3-2-4-6(7)10/h2-4,12H,1H3/b11-8+. The van der Waals surface area contributed by atoms with Gasteiger partial charge in [-0.05, 0) is 12.1 Å². The molecule has 82 valence electrons. The van der Waals surface area contributed by atoms with Gasteiger partial charge in [0.25, 0.3) is 0 Å². The number of rotatable bonds is 1. The fraction of sp³-hybridized carbons (Fsp3) is 0.125. The van der Waals surface area contributed by atoms with Crippen molar-refractivity contribution in [3.05, 3.63) is 33.8 Å². The molecule has 1 aromatic carbocycles. The first kappa shape index (κ1) is 12.3. The summed E-state index contributed by atoms with van der Waals surface area (Å²) in [5.41, 5.74) is 0.00540. The van der Waals surface area contributed by atoms with Gasteiger partial charge in [-0.25, -0.2) is 8.42 Å². The molecule has 15 heavy (non-hydrogen) atoms. The number of sulfone groups is 1. The van der Waals surface area contributed by atoms with Crippen molar-refractivity contribution in [2.24, 2.45) is 5.16 Å². The Bertz CT molecular complexity index is 490. The van der Waals surface area contributed by atoms with Crippen LogP contribution in [0.15, 0.2) is 23.4 Å². The molecule has 1 rings (SSSR count). The summed E-state index contributed by atoms with van der Waals surface area (Å²) in [6.45, 7) is 0. The molecule has 0 atom stereocenters. The normalized spacial score (nSPS) is 12.9. The van der Waals surface area contributed by atoms with Gasteiger partial charge >= 0.3 is 0 Å². The van der Waals surface area contributed by atoms with Crippen LogP contribution in [0.1, 0.15) is 5.56 Å². The predicted octanol–water partition coefficient (Wildman–Crippen LogP) is 2.17. The van der Waals surface area contributed by atoms with E-state index < -0.39 is 14.9 Å². The Hall–Kier alpha value is -0.780. The highest BCUT2D eigenvalue weighted by Crippen LogP contribution is 2.26. The second-order valence-corrected chi connectivity index (χ2v) is 5.52. The van der Waals surface area contributed by atoms with Crippen molar-refractivity contribution in [1.82, 2.24) is 0 Å². The Balaban J connectivity index is 3.52. The van der Waals surface area contributed by atoms with Gasteiger partial charge in [-0.15, -0.1) is 0 Å². The van der Waals surface area contributed by atoms with E-state index in [4.69, 9.17) is 28.4 Å². The molecule has 0 heterocycles. The molecule has 0 unspecified atom stereocenters. The van der Waals surface area contributed by atoms with Crippen molar-refractivity contribution < 1.29 is 13.6 Å². The van der Waals surface area contributed by atoms with Gasteiger partial charge in [-0.2, -0.15) is 0 Å². The molecule has 4 nitrogen and oxygen atoms in total. The minimum absolute atomic E-state index is 0.00540. The highest BCUT2D eigenvalue weighted by molar-refractivity contribution is 8.06. The average Bonchev–Trinajstić information content (AvgIpc) is 2.09. The Labute approximate surface area is 97.0 Å². The summed E-state index contributed by atoms with van der Waals surface area (Å²) in [5.74, 6) is 0. The first-order valence-corrected chi connectivity index (χ1v) is 6.39. The van der Waals surface area contributed by atoms with E-state index in [-0.39, 0.29) is 15.6 Å². The number of nitrogens with zero attached hydrogens (tertiary/aromatic N) is 1. The van der Waals surface area contributed by atoms with E-state index in [2.05, 4.69) is 5.16 Å². The molecule has 0 spiro atoms. The van der Waals surface area contributed by atoms with E-state index >= 15 is 0 Å². The van der Waals surface area contributed by atoms with Crippen LogP contribution in [0, 0.1) is 0 Å². The molecule has 7 heteroatoms. The van der Waals surface area contributed by atoms with Crippen LogP contribution in [0.25, 0.3) is 0 Å². The van der Waals surface area contributed by atoms with Gasteiger partial charge in [-0.3, -0.25) is 0 Å². The lowest BCUT2D eigenvalue weighted by Crippen LogP contribution is -2.15. The fourth-order valence-corrected chi connectivity index (χ4v) is 2.44. The zero-order valence-electron chi connectivity index (χ0n) is 7.61. The van der Waals surface area contributed by atoms with Gasteiger partial charge < -0.3 is 5.21 Å². The van der Waals surface area contributed by atoms with Gasteiger partial charge in [0.15, 0.2) is 9.84 Å². The van der Waals surface area contributed by atoms with Crippen LogP contribution in [-0.4, -0.2) is 24.9 Å². The molecule has 0 saturated heterocycles. The van der Waals surface area contributed by atoms with Gasteiger partial charge in [0.2, 0.25) is 5.04 Å². The number of benzene rings is 1. The van der Waals surface area contributed by atoms with E-state index in [1.165, 1.54) is 12.1 Å². The molecule has 0 aliphatic carbocycles. The lowest BCUT2D eigenvalue weighted by molar-refractivity contribution is 0.320. The predicted molar refractivity (Wildman–Crippen MR) is 59.6 cm³/mol. The third-order valence-electron chi connectivity index (χ3n) is 1.62. The minimum atomic E-state index is -3.68. The Morgan fingerprint density at radius 1 is 1.33 bits per heavy atom. The maximum Gasteiger partial charge on any atom is 0.204 e. The molecule has 0 aliphatic heterocycles. The highest BCUT2D eigenvalue weighted by atomic mass is 35.5. The average molecular weight is 268 g/mol. The number of oxime groups is 1. The van der Waals surface area contributed by atoms with Gasteiger partial charge in [0.1, 0.15) is 0 Å². The molecule has 0 amide bonds. The number of hydrogen-bond acceptors (Lipinski definition) is 4. The second-order valence-electron chi connectivity index (χ2n) is 2.77. The van der Waals surface area contributed by atoms with Crippen molar-refractivity contribution in [3.63, 3.8) is 0 Å². The smallest absolute Gasteiger partial charge is 0.204 e. The van der Waals surface area contributed by atoms with Crippen molar-refractivity contribution >= 4 is 38.1 Å².